The minimum Gasteiger partial charge on any atom is -0.161 e. The van der Waals surface area contributed by atoms with Crippen LogP contribution in [0.4, 0.5) is 0 Å². The summed E-state index contributed by atoms with van der Waals surface area (Å²) in [5, 5.41) is 0. The number of hydrogen-bond acceptors (Lipinski definition) is 1. The van der Waals surface area contributed by atoms with Gasteiger partial charge in [-0.15, -0.1) is 9.24 Å². The van der Waals surface area contributed by atoms with Crippen molar-refractivity contribution in [1.29, 1.82) is 0 Å². The van der Waals surface area contributed by atoms with Gasteiger partial charge in [-0.1, -0.05) is 0 Å². The zero-order valence-corrected chi connectivity index (χ0v) is 4.66. The Morgan fingerprint density at radius 2 is 2.25 bits per heavy atom. The third-order valence-corrected chi connectivity index (χ3v) is 1.50. The maximum atomic E-state index is 2.62. The number of hydrogen-bond donors (Lipinski definition) is 0. The van der Waals surface area contributed by atoms with E-state index in [1.165, 1.54) is 0 Å². The van der Waals surface area contributed by atoms with Crippen LogP contribution < -0.4 is 0 Å². The van der Waals surface area contributed by atoms with Gasteiger partial charge < -0.3 is 0 Å². The van der Waals surface area contributed by atoms with E-state index in [1.807, 2.05) is 11.8 Å². The van der Waals surface area contributed by atoms with Crippen molar-refractivity contribution in [3.8, 4) is 0 Å². The summed E-state index contributed by atoms with van der Waals surface area (Å²) in [4.78, 5) is 0. The zero-order chi connectivity index (χ0) is 3.41. The highest BCUT2D eigenvalue weighted by molar-refractivity contribution is 8.01. The van der Waals surface area contributed by atoms with Crippen LogP contribution in [0.15, 0.2) is 0 Å². The maximum Gasteiger partial charge on any atom is 0.00760 e. The van der Waals surface area contributed by atoms with Crippen LogP contribution in [-0.2, 0) is 0 Å². The van der Waals surface area contributed by atoms with E-state index in [4.69, 9.17) is 0 Å². The van der Waals surface area contributed by atoms with Crippen molar-refractivity contribution in [2.45, 2.75) is 0 Å². The molecule has 0 fully saturated rings. The van der Waals surface area contributed by atoms with Crippen LogP contribution in [0, 0.1) is 0 Å². The highest BCUT2D eigenvalue weighted by atomic mass is 32.2. The first kappa shape index (κ1) is 4.78. The predicted molar refractivity (Wildman–Crippen MR) is 28.1 cm³/mol. The van der Waals surface area contributed by atoms with E-state index in [1.54, 1.807) is 0 Å². The molecule has 0 amide bonds. The monoisotopic (exact) mass is 94.0 g/mol. The van der Waals surface area contributed by atoms with E-state index in [9.17, 15) is 0 Å². The molecule has 0 aromatic heterocycles. The van der Waals surface area contributed by atoms with Crippen molar-refractivity contribution in [3.05, 3.63) is 0 Å². The van der Waals surface area contributed by atoms with Gasteiger partial charge in [-0.2, -0.15) is 11.8 Å². The fraction of sp³-hybridized carbons (Fsp3) is 1.00. The minimum atomic E-state index is 1.15. The summed E-state index contributed by atoms with van der Waals surface area (Å²) in [6.45, 7) is 0. The van der Waals surface area contributed by atoms with Gasteiger partial charge in [0.15, 0.2) is 0 Å². The lowest BCUT2D eigenvalue weighted by Gasteiger charge is -1.70. The largest absolute Gasteiger partial charge is 0.161 e. The van der Waals surface area contributed by atoms with Gasteiger partial charge in [0, 0.05) is 5.49 Å². The van der Waals surface area contributed by atoms with E-state index in [-0.39, 0.29) is 0 Å². The Morgan fingerprint density at radius 3 is 2.25 bits per heavy atom. The van der Waals surface area contributed by atoms with Crippen LogP contribution in [0.2, 0.25) is 0 Å². The maximum absolute atomic E-state index is 2.62. The molecule has 0 saturated carbocycles. The first-order valence-corrected chi connectivity index (χ1v) is 3.32. The summed E-state index contributed by atoms with van der Waals surface area (Å²) >= 11 is 1.82. The van der Waals surface area contributed by atoms with Crippen LogP contribution in [0.3, 0.4) is 0 Å². The van der Waals surface area contributed by atoms with Gasteiger partial charge in [-0.25, -0.2) is 0 Å². The molecule has 2 heteroatoms. The van der Waals surface area contributed by atoms with Gasteiger partial charge in [0.05, 0.1) is 0 Å². The van der Waals surface area contributed by atoms with E-state index in [0.717, 1.165) is 5.49 Å². The van der Waals surface area contributed by atoms with E-state index in [0.29, 0.717) is 0 Å². The summed E-state index contributed by atoms with van der Waals surface area (Å²) in [5.41, 5.74) is 1.15. The third-order valence-electron chi connectivity index (χ3n) is 0.167. The standard InChI is InChI=1S/C2H7PS/c1-4-2-3/h2-3H2,1H3. The molecule has 26 valence electrons. The Morgan fingerprint density at radius 1 is 2.00 bits per heavy atom. The van der Waals surface area contributed by atoms with Gasteiger partial charge in [-0.05, 0) is 6.26 Å². The van der Waals surface area contributed by atoms with Crippen molar-refractivity contribution in [3.63, 3.8) is 0 Å². The molecule has 1 unspecified atom stereocenters. The summed E-state index contributed by atoms with van der Waals surface area (Å²) in [5.74, 6) is 0. The molecule has 0 aromatic carbocycles. The Balaban J connectivity index is 1.97. The second kappa shape index (κ2) is 3.78. The smallest absolute Gasteiger partial charge is 0.00760 e. The molecule has 0 rings (SSSR count). The fourth-order valence-corrected chi connectivity index (χ4v) is 0. The lowest BCUT2D eigenvalue weighted by Crippen LogP contribution is -1.43. The molecule has 0 aliphatic carbocycles. The number of rotatable bonds is 1. The van der Waals surface area contributed by atoms with Gasteiger partial charge in [0.1, 0.15) is 0 Å². The lowest BCUT2D eigenvalue weighted by atomic mass is 11.9. The van der Waals surface area contributed by atoms with Crippen molar-refractivity contribution >= 4 is 21.0 Å². The van der Waals surface area contributed by atoms with Crippen LogP contribution >= 0.6 is 21.0 Å². The molecule has 1 atom stereocenters. The predicted octanol–water partition coefficient (Wildman–Crippen LogP) is 1.18. The quantitative estimate of drug-likeness (QED) is 0.440. The highest BCUT2D eigenvalue weighted by Gasteiger charge is 1.55. The molecule has 0 saturated heterocycles. The summed E-state index contributed by atoms with van der Waals surface area (Å²) in [6, 6.07) is 0. The summed E-state index contributed by atoms with van der Waals surface area (Å²) in [6.07, 6.45) is 2.08. The van der Waals surface area contributed by atoms with Crippen molar-refractivity contribution in [2.24, 2.45) is 0 Å². The second-order valence-corrected chi connectivity index (χ2v) is 2.37. The summed E-state index contributed by atoms with van der Waals surface area (Å²) in [7, 11) is 2.62. The van der Waals surface area contributed by atoms with E-state index >= 15 is 0 Å². The first-order valence-electron chi connectivity index (χ1n) is 1.11. The van der Waals surface area contributed by atoms with Crippen LogP contribution in [-0.4, -0.2) is 11.7 Å². The molecule has 0 bridgehead atoms. The average molecular weight is 94.1 g/mol. The van der Waals surface area contributed by atoms with E-state index < -0.39 is 0 Å². The Labute approximate surface area is 33.6 Å². The van der Waals surface area contributed by atoms with Gasteiger partial charge in [0.2, 0.25) is 0 Å². The number of thioether (sulfide) groups is 1. The molecule has 0 aliphatic rings. The molecule has 0 nitrogen and oxygen atoms in total. The van der Waals surface area contributed by atoms with Crippen LogP contribution in [0.5, 0.6) is 0 Å². The molecule has 0 radical (unpaired) electrons. The van der Waals surface area contributed by atoms with Crippen LogP contribution in [0.1, 0.15) is 0 Å². The molecule has 0 heterocycles. The highest BCUT2D eigenvalue weighted by Crippen LogP contribution is 1.94. The van der Waals surface area contributed by atoms with Crippen molar-refractivity contribution in [2.75, 3.05) is 11.7 Å². The van der Waals surface area contributed by atoms with Gasteiger partial charge in [-0.3, -0.25) is 0 Å². The van der Waals surface area contributed by atoms with Crippen LogP contribution in [0.25, 0.3) is 0 Å². The average Bonchev–Trinajstić information content (AvgIpc) is 1.37. The normalized spacial score (nSPS) is 7.50. The minimum absolute atomic E-state index is 1.15. The second-order valence-electron chi connectivity index (χ2n) is 0.455. The third kappa shape index (κ3) is 2.78. The van der Waals surface area contributed by atoms with Crippen molar-refractivity contribution in [1.82, 2.24) is 0 Å². The molecule has 0 aliphatic heterocycles. The molecule has 0 spiro atoms. The van der Waals surface area contributed by atoms with Gasteiger partial charge >= 0.3 is 0 Å². The SMILES string of the molecule is CSCP. The molecule has 0 N–H and O–H groups in total. The topological polar surface area (TPSA) is 0 Å². The molecule has 0 aromatic rings. The Hall–Kier alpha value is 0.780. The van der Waals surface area contributed by atoms with Crippen molar-refractivity contribution < 1.29 is 0 Å². The van der Waals surface area contributed by atoms with E-state index in [2.05, 4.69) is 15.5 Å². The Bertz CT molecular complexity index is 8.00. The molecular weight excluding hydrogens is 87.1 g/mol. The first-order chi connectivity index (χ1) is 1.91. The summed E-state index contributed by atoms with van der Waals surface area (Å²) < 4.78 is 0. The zero-order valence-electron chi connectivity index (χ0n) is 2.69. The molecule has 4 heavy (non-hydrogen) atoms. The fourth-order valence-electron chi connectivity index (χ4n) is 0. The lowest BCUT2D eigenvalue weighted by molar-refractivity contribution is 2.24. The molecular formula is C2H7PS. The Kier molecular flexibility index (Phi) is 4.52. The van der Waals surface area contributed by atoms with Gasteiger partial charge in [0.25, 0.3) is 0 Å².